The van der Waals surface area contributed by atoms with E-state index in [4.69, 9.17) is 0 Å². The molecule has 1 aliphatic carbocycles. The predicted molar refractivity (Wildman–Crippen MR) is 252 cm³/mol. The third kappa shape index (κ3) is 4.91. The molecule has 0 fully saturated rings. The summed E-state index contributed by atoms with van der Waals surface area (Å²) in [6.45, 7) is 0. The van der Waals surface area contributed by atoms with E-state index in [9.17, 15) is 0 Å². The van der Waals surface area contributed by atoms with Gasteiger partial charge in [0.2, 0.25) is 0 Å². The van der Waals surface area contributed by atoms with Crippen molar-refractivity contribution >= 4 is 59.3 Å². The Morgan fingerprint density at radius 3 is 1.61 bits per heavy atom. The van der Waals surface area contributed by atoms with Gasteiger partial charge in [0.05, 0.1) is 16.4 Å². The molecule has 0 bridgehead atoms. The summed E-state index contributed by atoms with van der Waals surface area (Å²) in [5.41, 5.74) is 15.6. The van der Waals surface area contributed by atoms with Crippen molar-refractivity contribution < 1.29 is 0 Å². The average Bonchev–Trinajstić information content (AvgIpc) is 3.81. The Labute approximate surface area is 351 Å². The molecule has 0 saturated heterocycles. The molecule has 0 aliphatic heterocycles. The molecule has 1 aliphatic rings. The molecule has 2 heteroatoms. The highest BCUT2D eigenvalue weighted by Crippen LogP contribution is 2.57. The number of hydrogen-bond donors (Lipinski definition) is 0. The smallest absolute Gasteiger partial charge is 0.0713 e. The van der Waals surface area contributed by atoms with Crippen LogP contribution < -0.4 is 0 Å². The summed E-state index contributed by atoms with van der Waals surface area (Å²) < 4.78 is 3.64. The third-order valence-electron chi connectivity index (χ3n) is 12.7. The van der Waals surface area contributed by atoms with E-state index in [1.807, 2.05) is 0 Å². The lowest BCUT2D eigenvalue weighted by molar-refractivity contribution is 0.768. The predicted octanol–water partition coefficient (Wildman–Crippen LogP) is 15.5. The molecule has 11 aromatic rings. The fourth-order valence-electron chi connectivity index (χ4n) is 10.3. The Hall–Kier alpha value is -7.00. The first-order valence-electron chi connectivity index (χ1n) is 20.3. The minimum atomic E-state index is -0.459. The topological polar surface area (TPSA) is 4.93 Å². The first kappa shape index (κ1) is 34.1. The largest absolute Gasteiger partial charge is 0.309 e. The lowest BCUT2D eigenvalue weighted by atomic mass is 9.68. The van der Waals surface area contributed by atoms with Gasteiger partial charge in [-0.3, -0.25) is 0 Å². The van der Waals surface area contributed by atoms with Crippen LogP contribution in [-0.4, -0.2) is 4.57 Å². The number of halogens is 1. The lowest BCUT2D eigenvalue weighted by Crippen LogP contribution is -2.28. The van der Waals surface area contributed by atoms with Crippen LogP contribution in [0.15, 0.2) is 223 Å². The van der Waals surface area contributed by atoms with Crippen molar-refractivity contribution in [3.63, 3.8) is 0 Å². The second kappa shape index (κ2) is 13.3. The van der Waals surface area contributed by atoms with Gasteiger partial charge in [-0.15, -0.1) is 0 Å². The Kier molecular flexibility index (Phi) is 7.67. The van der Waals surface area contributed by atoms with Crippen LogP contribution in [0.3, 0.4) is 0 Å². The quantitative estimate of drug-likeness (QED) is 0.153. The Bertz CT molecular complexity index is 3410. The molecule has 1 heterocycles. The van der Waals surface area contributed by atoms with Gasteiger partial charge in [-0.2, -0.15) is 0 Å². The molecule has 10 aromatic carbocycles. The van der Waals surface area contributed by atoms with E-state index < -0.39 is 5.41 Å². The minimum Gasteiger partial charge on any atom is -0.309 e. The normalized spacial score (nSPS) is 13.0. The highest BCUT2D eigenvalue weighted by molar-refractivity contribution is 9.10. The molecular weight excluding hydrogens is 779 g/mol. The molecule has 0 unspecified atom stereocenters. The van der Waals surface area contributed by atoms with Crippen molar-refractivity contribution in [2.45, 2.75) is 5.41 Å². The van der Waals surface area contributed by atoms with Crippen molar-refractivity contribution in [2.75, 3.05) is 0 Å². The van der Waals surface area contributed by atoms with E-state index in [2.05, 4.69) is 239 Å². The van der Waals surface area contributed by atoms with Crippen molar-refractivity contribution in [1.82, 2.24) is 4.57 Å². The fourth-order valence-corrected chi connectivity index (χ4v) is 10.8. The zero-order valence-electron chi connectivity index (χ0n) is 32.1. The van der Waals surface area contributed by atoms with Gasteiger partial charge in [0.25, 0.3) is 0 Å². The highest BCUT2D eigenvalue weighted by atomic mass is 79.9. The maximum atomic E-state index is 3.86. The molecular formula is C57H36BrN. The molecule has 1 aromatic heterocycles. The van der Waals surface area contributed by atoms with Crippen LogP contribution in [0.1, 0.15) is 22.3 Å². The summed E-state index contributed by atoms with van der Waals surface area (Å²) in [5, 5.41) is 7.58. The average molecular weight is 815 g/mol. The second-order valence-corrected chi connectivity index (χ2v) is 16.5. The molecule has 0 amide bonds. The molecule has 1 nitrogen and oxygen atoms in total. The van der Waals surface area contributed by atoms with Crippen LogP contribution >= 0.6 is 15.9 Å². The maximum absolute atomic E-state index is 3.86. The van der Waals surface area contributed by atoms with Gasteiger partial charge in [-0.1, -0.05) is 210 Å². The summed E-state index contributed by atoms with van der Waals surface area (Å²) >= 11 is 3.86. The van der Waals surface area contributed by atoms with E-state index in [1.54, 1.807) is 0 Å². The second-order valence-electron chi connectivity index (χ2n) is 15.7. The van der Waals surface area contributed by atoms with Gasteiger partial charge in [0, 0.05) is 26.3 Å². The van der Waals surface area contributed by atoms with Gasteiger partial charge < -0.3 is 4.57 Å². The van der Waals surface area contributed by atoms with E-state index in [-0.39, 0.29) is 0 Å². The molecule has 0 radical (unpaired) electrons. The van der Waals surface area contributed by atoms with Crippen LogP contribution in [0.4, 0.5) is 0 Å². The number of fused-ring (bicyclic) bond motifs is 11. The Morgan fingerprint density at radius 1 is 0.356 bits per heavy atom. The summed E-state index contributed by atoms with van der Waals surface area (Å²) in [7, 11) is 0. The number of benzene rings is 10. The monoisotopic (exact) mass is 813 g/mol. The SMILES string of the molecule is Brc1ccccc1-c1ccccc1-c1ccc2c3c4ccccc4c4ccccc4c3n(-c3ccc4c(c3)-c3ccccc3C4(c3ccccc3)c3ccccc3)c2c1. The molecule has 0 atom stereocenters. The summed E-state index contributed by atoms with van der Waals surface area (Å²) in [6, 6.07) is 80.7. The number of nitrogens with zero attached hydrogens (tertiary/aromatic N) is 1. The molecule has 276 valence electrons. The van der Waals surface area contributed by atoms with Crippen molar-refractivity contribution in [1.29, 1.82) is 0 Å². The standard InChI is InChI=1S/C57H36BrN/c58-53-30-16-14-26-46(53)42-22-8-7-21-41(42)37-31-33-49-54(35-37)59(56-48-28-12-10-24-44(48)43-23-9-11-27-47(43)55(49)56)40-32-34-52-50(36-40)45-25-13-15-29-51(45)57(52,38-17-3-1-4-18-38)39-19-5-2-6-20-39/h1-36H. The van der Waals surface area contributed by atoms with Crippen molar-refractivity contribution in [3.05, 3.63) is 245 Å². The van der Waals surface area contributed by atoms with Crippen LogP contribution in [-0.2, 0) is 5.41 Å². The van der Waals surface area contributed by atoms with Gasteiger partial charge in [-0.25, -0.2) is 0 Å². The molecule has 12 rings (SSSR count). The van der Waals surface area contributed by atoms with E-state index in [0.29, 0.717) is 0 Å². The number of aromatic nitrogens is 1. The summed E-state index contributed by atoms with van der Waals surface area (Å²) in [4.78, 5) is 0. The molecule has 0 saturated carbocycles. The first-order chi connectivity index (χ1) is 29.2. The van der Waals surface area contributed by atoms with Gasteiger partial charge in [-0.05, 0) is 96.1 Å². The van der Waals surface area contributed by atoms with Crippen LogP contribution in [0, 0.1) is 0 Å². The molecule has 0 N–H and O–H groups in total. The minimum absolute atomic E-state index is 0.459. The number of hydrogen-bond acceptors (Lipinski definition) is 0. The Balaban J connectivity index is 1.20. The Morgan fingerprint density at radius 2 is 0.898 bits per heavy atom. The summed E-state index contributed by atoms with van der Waals surface area (Å²) in [6.07, 6.45) is 0. The van der Waals surface area contributed by atoms with Gasteiger partial charge in [0.1, 0.15) is 0 Å². The van der Waals surface area contributed by atoms with Crippen LogP contribution in [0.25, 0.3) is 82.4 Å². The maximum Gasteiger partial charge on any atom is 0.0713 e. The van der Waals surface area contributed by atoms with Crippen molar-refractivity contribution in [3.8, 4) is 39.1 Å². The molecule has 0 spiro atoms. The first-order valence-corrected chi connectivity index (χ1v) is 21.1. The summed E-state index contributed by atoms with van der Waals surface area (Å²) in [5.74, 6) is 0. The third-order valence-corrected chi connectivity index (χ3v) is 13.4. The van der Waals surface area contributed by atoms with Gasteiger partial charge in [0.15, 0.2) is 0 Å². The number of rotatable bonds is 5. The lowest BCUT2D eigenvalue weighted by Gasteiger charge is -2.33. The van der Waals surface area contributed by atoms with E-state index >= 15 is 0 Å². The van der Waals surface area contributed by atoms with Crippen molar-refractivity contribution in [2.24, 2.45) is 0 Å². The van der Waals surface area contributed by atoms with E-state index in [0.717, 1.165) is 10.2 Å². The molecule has 59 heavy (non-hydrogen) atoms. The van der Waals surface area contributed by atoms with Crippen LogP contribution in [0.5, 0.6) is 0 Å². The van der Waals surface area contributed by atoms with Gasteiger partial charge >= 0.3 is 0 Å². The zero-order chi connectivity index (χ0) is 39.1. The fraction of sp³-hybridized carbons (Fsp3) is 0.0175. The highest BCUT2D eigenvalue weighted by Gasteiger charge is 2.46. The zero-order valence-corrected chi connectivity index (χ0v) is 33.7. The van der Waals surface area contributed by atoms with E-state index in [1.165, 1.54) is 99.0 Å². The van der Waals surface area contributed by atoms with Crippen LogP contribution in [0.2, 0.25) is 0 Å².